The second-order valence-corrected chi connectivity index (χ2v) is 4.16. The molecule has 3 N–H and O–H groups in total. The van der Waals surface area contributed by atoms with Gasteiger partial charge < -0.3 is 20.7 Å². The SMILES string of the molecule is CNc1ccc(C(=O)NC(C)C(=O)NCCOC)cn1. The minimum absolute atomic E-state index is 0.254. The maximum Gasteiger partial charge on any atom is 0.253 e. The van der Waals surface area contributed by atoms with Crippen molar-refractivity contribution in [1.82, 2.24) is 15.6 Å². The largest absolute Gasteiger partial charge is 0.383 e. The normalized spacial score (nSPS) is 11.6. The third-order valence-electron chi connectivity index (χ3n) is 2.63. The Morgan fingerprint density at radius 2 is 2.15 bits per heavy atom. The minimum atomic E-state index is -0.622. The number of hydrogen-bond donors (Lipinski definition) is 3. The summed E-state index contributed by atoms with van der Waals surface area (Å²) in [5.41, 5.74) is 0.403. The van der Waals surface area contributed by atoms with Crippen molar-refractivity contribution in [3.63, 3.8) is 0 Å². The number of hydrogen-bond acceptors (Lipinski definition) is 5. The van der Waals surface area contributed by atoms with Crippen molar-refractivity contribution in [3.8, 4) is 0 Å². The number of rotatable bonds is 7. The molecule has 2 amide bonds. The number of nitrogens with zero attached hydrogens (tertiary/aromatic N) is 1. The zero-order valence-electron chi connectivity index (χ0n) is 11.9. The van der Waals surface area contributed by atoms with Gasteiger partial charge in [0.2, 0.25) is 5.91 Å². The minimum Gasteiger partial charge on any atom is -0.383 e. The van der Waals surface area contributed by atoms with Gasteiger partial charge in [-0.3, -0.25) is 9.59 Å². The molecule has 20 heavy (non-hydrogen) atoms. The number of ether oxygens (including phenoxy) is 1. The van der Waals surface area contributed by atoms with Crippen LogP contribution >= 0.6 is 0 Å². The first-order chi connectivity index (χ1) is 9.58. The monoisotopic (exact) mass is 280 g/mol. The molecule has 0 radical (unpaired) electrons. The maximum atomic E-state index is 11.9. The third-order valence-corrected chi connectivity index (χ3v) is 2.63. The molecule has 7 heteroatoms. The Labute approximate surface area is 118 Å². The number of methoxy groups -OCH3 is 1. The Hall–Kier alpha value is -2.15. The van der Waals surface area contributed by atoms with Gasteiger partial charge >= 0.3 is 0 Å². The van der Waals surface area contributed by atoms with E-state index in [-0.39, 0.29) is 11.8 Å². The fraction of sp³-hybridized carbons (Fsp3) is 0.462. The van der Waals surface area contributed by atoms with Crippen molar-refractivity contribution < 1.29 is 14.3 Å². The summed E-state index contributed by atoms with van der Waals surface area (Å²) in [6.07, 6.45) is 1.46. The lowest BCUT2D eigenvalue weighted by molar-refractivity contribution is -0.122. The lowest BCUT2D eigenvalue weighted by atomic mass is 10.2. The van der Waals surface area contributed by atoms with Gasteiger partial charge in [-0.1, -0.05) is 0 Å². The van der Waals surface area contributed by atoms with Crippen LogP contribution in [0.2, 0.25) is 0 Å². The Kier molecular flexibility index (Phi) is 6.45. The Balaban J connectivity index is 2.49. The molecule has 1 aromatic heterocycles. The molecule has 0 bridgehead atoms. The van der Waals surface area contributed by atoms with E-state index in [0.717, 1.165) is 0 Å². The number of nitrogens with one attached hydrogen (secondary N) is 3. The molecule has 0 saturated heterocycles. The highest BCUT2D eigenvalue weighted by atomic mass is 16.5. The van der Waals surface area contributed by atoms with Crippen LogP contribution < -0.4 is 16.0 Å². The van der Waals surface area contributed by atoms with Crippen LogP contribution in [0.3, 0.4) is 0 Å². The summed E-state index contributed by atoms with van der Waals surface area (Å²) in [5.74, 6) is 0.0802. The lowest BCUT2D eigenvalue weighted by Gasteiger charge is -2.14. The summed E-state index contributed by atoms with van der Waals surface area (Å²) >= 11 is 0. The molecule has 1 unspecified atom stereocenters. The van der Waals surface area contributed by atoms with E-state index in [1.54, 1.807) is 33.2 Å². The fourth-order valence-corrected chi connectivity index (χ4v) is 1.45. The van der Waals surface area contributed by atoms with E-state index in [2.05, 4.69) is 20.9 Å². The molecule has 0 fully saturated rings. The highest BCUT2D eigenvalue weighted by molar-refractivity contribution is 5.97. The molecular formula is C13H20N4O3. The molecule has 1 heterocycles. The van der Waals surface area contributed by atoms with E-state index in [1.165, 1.54) is 6.20 Å². The molecule has 1 atom stereocenters. The van der Waals surface area contributed by atoms with Crippen LogP contribution in [-0.2, 0) is 9.53 Å². The fourth-order valence-electron chi connectivity index (χ4n) is 1.45. The number of anilines is 1. The molecule has 0 aliphatic heterocycles. The van der Waals surface area contributed by atoms with Gasteiger partial charge in [0, 0.05) is 26.9 Å². The predicted octanol–water partition coefficient (Wildman–Crippen LogP) is 0.00420. The van der Waals surface area contributed by atoms with Crippen LogP contribution in [0.5, 0.6) is 0 Å². The molecule has 1 rings (SSSR count). The molecule has 0 aliphatic rings. The second-order valence-electron chi connectivity index (χ2n) is 4.16. The topological polar surface area (TPSA) is 92.4 Å². The van der Waals surface area contributed by atoms with Crippen molar-refractivity contribution in [3.05, 3.63) is 23.9 Å². The predicted molar refractivity (Wildman–Crippen MR) is 75.6 cm³/mol. The van der Waals surface area contributed by atoms with Gasteiger partial charge in [-0.2, -0.15) is 0 Å². The first kappa shape index (κ1) is 15.9. The highest BCUT2D eigenvalue weighted by Gasteiger charge is 2.16. The molecule has 0 spiro atoms. The van der Waals surface area contributed by atoms with E-state index in [0.29, 0.717) is 24.5 Å². The van der Waals surface area contributed by atoms with E-state index in [4.69, 9.17) is 4.74 Å². The summed E-state index contributed by atoms with van der Waals surface area (Å²) in [5, 5.41) is 8.12. The summed E-state index contributed by atoms with van der Waals surface area (Å²) in [4.78, 5) is 27.6. The maximum absolute atomic E-state index is 11.9. The van der Waals surface area contributed by atoms with Gasteiger partial charge in [-0.05, 0) is 19.1 Å². The van der Waals surface area contributed by atoms with E-state index in [9.17, 15) is 9.59 Å². The number of carbonyl (C=O) groups excluding carboxylic acids is 2. The van der Waals surface area contributed by atoms with Gasteiger partial charge in [0.1, 0.15) is 11.9 Å². The van der Waals surface area contributed by atoms with Crippen LogP contribution in [0, 0.1) is 0 Å². The lowest BCUT2D eigenvalue weighted by Crippen LogP contribution is -2.45. The van der Waals surface area contributed by atoms with Crippen LogP contribution in [0.4, 0.5) is 5.82 Å². The summed E-state index contributed by atoms with van der Waals surface area (Å²) in [6.45, 7) is 2.46. The van der Waals surface area contributed by atoms with Gasteiger partial charge in [0.05, 0.1) is 12.2 Å². The standard InChI is InChI=1S/C13H20N4O3/c1-9(12(18)15-6-7-20-3)17-13(19)10-4-5-11(14-2)16-8-10/h4-5,8-9H,6-7H2,1-3H3,(H,14,16)(H,15,18)(H,17,19). The van der Waals surface area contributed by atoms with Gasteiger partial charge in [0.15, 0.2) is 0 Å². The zero-order chi connectivity index (χ0) is 15.0. The Morgan fingerprint density at radius 3 is 2.70 bits per heavy atom. The molecular weight excluding hydrogens is 260 g/mol. The summed E-state index contributed by atoms with van der Waals surface area (Å²) in [7, 11) is 3.30. The van der Waals surface area contributed by atoms with Gasteiger partial charge in [-0.25, -0.2) is 4.98 Å². The quantitative estimate of drug-likeness (QED) is 0.612. The van der Waals surface area contributed by atoms with Crippen molar-refractivity contribution in [1.29, 1.82) is 0 Å². The van der Waals surface area contributed by atoms with Crippen LogP contribution in [0.15, 0.2) is 18.3 Å². The molecule has 7 nitrogen and oxygen atoms in total. The van der Waals surface area contributed by atoms with Crippen LogP contribution in [-0.4, -0.2) is 50.1 Å². The highest BCUT2D eigenvalue weighted by Crippen LogP contribution is 2.04. The van der Waals surface area contributed by atoms with Crippen LogP contribution in [0.1, 0.15) is 17.3 Å². The smallest absolute Gasteiger partial charge is 0.253 e. The Morgan fingerprint density at radius 1 is 1.40 bits per heavy atom. The van der Waals surface area contributed by atoms with Crippen molar-refractivity contribution in [2.75, 3.05) is 32.6 Å². The summed E-state index contributed by atoms with van der Waals surface area (Å²) < 4.78 is 4.83. The first-order valence-corrected chi connectivity index (χ1v) is 6.29. The number of aromatic nitrogens is 1. The van der Waals surface area contributed by atoms with Gasteiger partial charge in [-0.15, -0.1) is 0 Å². The molecule has 0 saturated carbocycles. The van der Waals surface area contributed by atoms with E-state index in [1.807, 2.05) is 0 Å². The summed E-state index contributed by atoms with van der Waals surface area (Å²) in [6, 6.07) is 2.71. The average Bonchev–Trinajstić information content (AvgIpc) is 2.47. The molecule has 0 aliphatic carbocycles. The van der Waals surface area contributed by atoms with Crippen molar-refractivity contribution >= 4 is 17.6 Å². The number of pyridine rings is 1. The molecule has 1 aromatic rings. The van der Waals surface area contributed by atoms with Gasteiger partial charge in [0.25, 0.3) is 5.91 Å². The Bertz CT molecular complexity index is 447. The number of carbonyl (C=O) groups is 2. The average molecular weight is 280 g/mol. The van der Waals surface area contributed by atoms with Crippen molar-refractivity contribution in [2.45, 2.75) is 13.0 Å². The van der Waals surface area contributed by atoms with E-state index < -0.39 is 6.04 Å². The second kappa shape index (κ2) is 8.11. The van der Waals surface area contributed by atoms with Crippen LogP contribution in [0.25, 0.3) is 0 Å². The molecule has 0 aromatic carbocycles. The first-order valence-electron chi connectivity index (χ1n) is 6.29. The number of amides is 2. The zero-order valence-corrected chi connectivity index (χ0v) is 11.9. The molecule has 110 valence electrons. The third kappa shape index (κ3) is 4.85. The van der Waals surface area contributed by atoms with E-state index >= 15 is 0 Å². The van der Waals surface area contributed by atoms with Crippen molar-refractivity contribution in [2.24, 2.45) is 0 Å².